The lowest BCUT2D eigenvalue weighted by atomic mass is 9.88. The fourth-order valence-corrected chi connectivity index (χ4v) is 1.93. The van der Waals surface area contributed by atoms with E-state index in [2.05, 4.69) is 15.3 Å². The van der Waals surface area contributed by atoms with Crippen LogP contribution in [0.1, 0.15) is 32.2 Å². The Kier molecular flexibility index (Phi) is 2.77. The van der Waals surface area contributed by atoms with Gasteiger partial charge in [-0.2, -0.15) is 22.8 Å². The predicted molar refractivity (Wildman–Crippen MR) is 59.5 cm³/mol. The van der Waals surface area contributed by atoms with E-state index in [1.165, 1.54) is 6.07 Å². The molecule has 2 aromatic heterocycles. The van der Waals surface area contributed by atoms with Gasteiger partial charge in [-0.25, -0.2) is 0 Å². The second-order valence-electron chi connectivity index (χ2n) is 4.89. The summed E-state index contributed by atoms with van der Waals surface area (Å²) in [6, 6.07) is 1.47. The van der Waals surface area contributed by atoms with E-state index in [4.69, 9.17) is 11.6 Å². The van der Waals surface area contributed by atoms with E-state index in [0.29, 0.717) is 10.1 Å². The average Bonchev–Trinajstić information content (AvgIpc) is 2.56. The lowest BCUT2D eigenvalue weighted by Crippen LogP contribution is -2.16. The molecular formula is C10H10ClF3N4. The van der Waals surface area contributed by atoms with Crippen LogP contribution in [0.15, 0.2) is 6.07 Å². The molecule has 98 valence electrons. The third kappa shape index (κ3) is 2.14. The zero-order chi connectivity index (χ0) is 13.7. The number of nitrogens with zero attached hydrogens (tertiary/aromatic N) is 4. The van der Waals surface area contributed by atoms with Gasteiger partial charge >= 0.3 is 6.18 Å². The zero-order valence-electron chi connectivity index (χ0n) is 9.88. The van der Waals surface area contributed by atoms with Crippen LogP contribution in [0, 0.1) is 0 Å². The highest BCUT2D eigenvalue weighted by Crippen LogP contribution is 2.31. The molecule has 2 aromatic rings. The molecular weight excluding hydrogens is 269 g/mol. The molecule has 0 fully saturated rings. The quantitative estimate of drug-likeness (QED) is 0.744. The third-order valence-electron chi connectivity index (χ3n) is 2.41. The van der Waals surface area contributed by atoms with Crippen molar-refractivity contribution in [1.29, 1.82) is 0 Å². The zero-order valence-corrected chi connectivity index (χ0v) is 10.6. The Bertz CT molecular complexity index is 597. The van der Waals surface area contributed by atoms with Crippen molar-refractivity contribution in [1.82, 2.24) is 19.8 Å². The summed E-state index contributed by atoms with van der Waals surface area (Å²) in [5.41, 5.74) is 0.311. The van der Waals surface area contributed by atoms with Crippen molar-refractivity contribution in [3.8, 4) is 0 Å². The fraction of sp³-hybridized carbons (Fsp3) is 0.500. The van der Waals surface area contributed by atoms with Gasteiger partial charge in [0.25, 0.3) is 5.82 Å². The molecule has 18 heavy (non-hydrogen) atoms. The van der Waals surface area contributed by atoms with Gasteiger partial charge in [-0.1, -0.05) is 32.4 Å². The number of hydrogen-bond acceptors (Lipinski definition) is 3. The van der Waals surface area contributed by atoms with E-state index in [0.717, 1.165) is 0 Å². The lowest BCUT2D eigenvalue weighted by Gasteiger charge is -2.19. The molecule has 0 atom stereocenters. The Balaban J connectivity index is 2.71. The van der Waals surface area contributed by atoms with Gasteiger partial charge in [0.05, 0.1) is 0 Å². The van der Waals surface area contributed by atoms with Gasteiger partial charge in [-0.15, -0.1) is 10.2 Å². The maximum Gasteiger partial charge on any atom is 0.453 e. The van der Waals surface area contributed by atoms with Crippen molar-refractivity contribution in [3.63, 3.8) is 0 Å². The lowest BCUT2D eigenvalue weighted by molar-refractivity contribution is -0.146. The molecule has 0 radical (unpaired) electrons. The minimum Gasteiger partial charge on any atom is -0.187 e. The monoisotopic (exact) mass is 278 g/mol. The summed E-state index contributed by atoms with van der Waals surface area (Å²) < 4.78 is 38.4. The van der Waals surface area contributed by atoms with Gasteiger partial charge in [-0.05, 0) is 11.5 Å². The Morgan fingerprint density at radius 3 is 2.28 bits per heavy atom. The Hall–Kier alpha value is -1.37. The van der Waals surface area contributed by atoms with E-state index in [1.807, 2.05) is 20.8 Å². The van der Waals surface area contributed by atoms with Crippen LogP contribution in [-0.4, -0.2) is 19.8 Å². The van der Waals surface area contributed by atoms with E-state index in [9.17, 15) is 13.2 Å². The average molecular weight is 279 g/mol. The van der Waals surface area contributed by atoms with Crippen LogP contribution in [-0.2, 0) is 11.6 Å². The van der Waals surface area contributed by atoms with E-state index in [-0.39, 0.29) is 16.2 Å². The Morgan fingerprint density at radius 1 is 1.17 bits per heavy atom. The van der Waals surface area contributed by atoms with Gasteiger partial charge in [-0.3, -0.25) is 0 Å². The van der Waals surface area contributed by atoms with Crippen molar-refractivity contribution >= 4 is 17.2 Å². The largest absolute Gasteiger partial charge is 0.453 e. The normalized spacial score (nSPS) is 13.3. The first kappa shape index (κ1) is 13.1. The molecule has 0 N–H and O–H groups in total. The molecule has 0 aliphatic heterocycles. The molecule has 0 unspecified atom stereocenters. The van der Waals surface area contributed by atoms with E-state index in [1.54, 1.807) is 0 Å². The minimum atomic E-state index is -4.61. The second-order valence-corrected chi connectivity index (χ2v) is 5.25. The Morgan fingerprint density at radius 2 is 1.78 bits per heavy atom. The smallest absolute Gasteiger partial charge is 0.187 e. The SMILES string of the molecule is CC(C)(C)c1cc2nnc(C(F)(F)F)n2nc1Cl. The molecule has 0 amide bonds. The summed E-state index contributed by atoms with van der Waals surface area (Å²) in [6.07, 6.45) is -4.61. The molecule has 0 aliphatic carbocycles. The van der Waals surface area contributed by atoms with Crippen molar-refractivity contribution in [3.05, 3.63) is 22.6 Å². The van der Waals surface area contributed by atoms with Crippen LogP contribution < -0.4 is 0 Å². The maximum atomic E-state index is 12.6. The summed E-state index contributed by atoms with van der Waals surface area (Å²) in [6.45, 7) is 5.65. The number of rotatable bonds is 0. The van der Waals surface area contributed by atoms with Crippen molar-refractivity contribution < 1.29 is 13.2 Å². The first-order valence-corrected chi connectivity index (χ1v) is 5.48. The first-order chi connectivity index (χ1) is 8.10. The highest BCUT2D eigenvalue weighted by molar-refractivity contribution is 6.30. The first-order valence-electron chi connectivity index (χ1n) is 5.10. The molecule has 4 nitrogen and oxygen atoms in total. The van der Waals surface area contributed by atoms with Crippen LogP contribution in [0.25, 0.3) is 5.65 Å². The summed E-state index contributed by atoms with van der Waals surface area (Å²) in [4.78, 5) is 0. The number of hydrogen-bond donors (Lipinski definition) is 0. The third-order valence-corrected chi connectivity index (χ3v) is 2.69. The van der Waals surface area contributed by atoms with Crippen molar-refractivity contribution in [2.75, 3.05) is 0 Å². The summed E-state index contributed by atoms with van der Waals surface area (Å²) in [7, 11) is 0. The van der Waals surface area contributed by atoms with Crippen LogP contribution >= 0.6 is 11.6 Å². The van der Waals surface area contributed by atoms with E-state index >= 15 is 0 Å². The minimum absolute atomic E-state index is 0.0142. The van der Waals surface area contributed by atoms with E-state index < -0.39 is 12.0 Å². The number of aromatic nitrogens is 4. The van der Waals surface area contributed by atoms with Crippen molar-refractivity contribution in [2.45, 2.75) is 32.4 Å². The van der Waals surface area contributed by atoms with Crippen LogP contribution in [0.4, 0.5) is 13.2 Å². The summed E-state index contributed by atoms with van der Waals surface area (Å²) in [5.74, 6) is -1.18. The Labute approximate surface area is 106 Å². The number of alkyl halides is 3. The van der Waals surface area contributed by atoms with Crippen LogP contribution in [0.3, 0.4) is 0 Å². The van der Waals surface area contributed by atoms with Crippen LogP contribution in [0.5, 0.6) is 0 Å². The standard InChI is InChI=1S/C10H10ClF3N4/c1-9(2,3)5-4-6-15-16-8(10(12,13)14)18(6)17-7(5)11/h4H,1-3H3. The highest BCUT2D eigenvalue weighted by atomic mass is 35.5. The molecule has 2 heterocycles. The fourth-order valence-electron chi connectivity index (χ4n) is 1.51. The molecule has 0 saturated carbocycles. The van der Waals surface area contributed by atoms with Gasteiger partial charge in [0.1, 0.15) is 0 Å². The predicted octanol–water partition coefficient (Wildman–Crippen LogP) is 3.09. The molecule has 2 rings (SSSR count). The molecule has 0 bridgehead atoms. The van der Waals surface area contributed by atoms with Gasteiger partial charge in [0.15, 0.2) is 10.8 Å². The molecule has 0 aliphatic rings. The van der Waals surface area contributed by atoms with Gasteiger partial charge < -0.3 is 0 Å². The molecule has 8 heteroatoms. The summed E-state index contributed by atoms with van der Waals surface area (Å²) in [5, 5.41) is 10.3. The molecule has 0 saturated heterocycles. The van der Waals surface area contributed by atoms with Gasteiger partial charge in [0, 0.05) is 5.56 Å². The summed E-state index contributed by atoms with van der Waals surface area (Å²) >= 11 is 5.91. The maximum absolute atomic E-state index is 12.6. The molecule has 0 spiro atoms. The second kappa shape index (κ2) is 3.81. The molecule has 0 aromatic carbocycles. The van der Waals surface area contributed by atoms with Gasteiger partial charge in [0.2, 0.25) is 0 Å². The number of fused-ring (bicyclic) bond motifs is 1. The van der Waals surface area contributed by atoms with Crippen molar-refractivity contribution in [2.24, 2.45) is 0 Å². The number of halogens is 4. The highest BCUT2D eigenvalue weighted by Gasteiger charge is 2.38. The topological polar surface area (TPSA) is 43.1 Å². The van der Waals surface area contributed by atoms with Crippen LogP contribution in [0.2, 0.25) is 5.15 Å².